The van der Waals surface area contributed by atoms with E-state index >= 15 is 0 Å². The van der Waals surface area contributed by atoms with Crippen LogP contribution >= 0.6 is 0 Å². The van der Waals surface area contributed by atoms with Crippen LogP contribution in [-0.2, 0) is 0 Å². The topological polar surface area (TPSA) is 48.1 Å². The first kappa shape index (κ1) is 8.44. The van der Waals surface area contributed by atoms with Crippen LogP contribution in [0.1, 0.15) is 0 Å². The van der Waals surface area contributed by atoms with Crippen LogP contribution in [0.4, 0.5) is 0 Å². The molecule has 2 rings (SSSR count). The van der Waals surface area contributed by atoms with Crippen LogP contribution in [0.25, 0.3) is 0 Å². The van der Waals surface area contributed by atoms with Gasteiger partial charge in [-0.25, -0.2) is 0 Å². The molecule has 0 aromatic heterocycles. The van der Waals surface area contributed by atoms with Crippen molar-refractivity contribution in [3.05, 3.63) is 0 Å². The van der Waals surface area contributed by atoms with Crippen LogP contribution < -0.4 is 21.3 Å². The predicted molar refractivity (Wildman–Crippen MR) is 49.3 cm³/mol. The number of piperazine rings is 2. The van der Waals surface area contributed by atoms with Gasteiger partial charge in [-0.2, -0.15) is 0 Å². The second-order valence-corrected chi connectivity index (χ2v) is 3.53. The Morgan fingerprint density at radius 1 is 0.667 bits per heavy atom. The van der Waals surface area contributed by atoms with Crippen LogP contribution in [0.15, 0.2) is 0 Å². The van der Waals surface area contributed by atoms with E-state index in [1.807, 2.05) is 0 Å². The molecule has 4 heteroatoms. The third-order valence-electron chi connectivity index (χ3n) is 2.63. The maximum atomic E-state index is 3.52. The SMILES string of the molecule is C1CN[C@H]([C@@H]2CNCCN2)CN1. The van der Waals surface area contributed by atoms with E-state index in [1.165, 1.54) is 0 Å². The Kier molecular flexibility index (Phi) is 2.94. The van der Waals surface area contributed by atoms with Crippen molar-refractivity contribution in [3.8, 4) is 0 Å². The molecule has 2 saturated heterocycles. The standard InChI is InChI=1S/C8H18N4/c1-3-11-7(5-9-1)8-6-10-2-4-12-8/h7-12H,1-6H2/t7-,8-/m0/s1. The summed E-state index contributed by atoms with van der Waals surface area (Å²) in [6.45, 7) is 6.61. The summed E-state index contributed by atoms with van der Waals surface area (Å²) < 4.78 is 0. The Hall–Kier alpha value is -0.160. The van der Waals surface area contributed by atoms with Crippen molar-refractivity contribution in [2.75, 3.05) is 39.3 Å². The lowest BCUT2D eigenvalue weighted by molar-refractivity contribution is 0.294. The second kappa shape index (κ2) is 4.18. The van der Waals surface area contributed by atoms with Crippen LogP contribution in [-0.4, -0.2) is 51.4 Å². The minimum Gasteiger partial charge on any atom is -0.314 e. The van der Waals surface area contributed by atoms with Gasteiger partial charge in [-0.1, -0.05) is 0 Å². The van der Waals surface area contributed by atoms with E-state index in [-0.39, 0.29) is 0 Å². The van der Waals surface area contributed by atoms with Gasteiger partial charge in [0.1, 0.15) is 0 Å². The molecule has 4 N–H and O–H groups in total. The van der Waals surface area contributed by atoms with Crippen LogP contribution in [0.2, 0.25) is 0 Å². The predicted octanol–water partition coefficient (Wildman–Crippen LogP) is -1.89. The Bertz CT molecular complexity index is 111. The van der Waals surface area contributed by atoms with Crippen molar-refractivity contribution in [2.24, 2.45) is 0 Å². The highest BCUT2D eigenvalue weighted by molar-refractivity contribution is 4.90. The summed E-state index contributed by atoms with van der Waals surface area (Å²) in [5.74, 6) is 0. The first-order chi connectivity index (χ1) is 5.97. The number of hydrogen-bond donors (Lipinski definition) is 4. The number of hydrogen-bond acceptors (Lipinski definition) is 4. The third-order valence-corrected chi connectivity index (χ3v) is 2.63. The molecular weight excluding hydrogens is 152 g/mol. The monoisotopic (exact) mass is 170 g/mol. The zero-order chi connectivity index (χ0) is 8.23. The van der Waals surface area contributed by atoms with Crippen molar-refractivity contribution in [1.29, 1.82) is 0 Å². The smallest absolute Gasteiger partial charge is 0.0359 e. The third kappa shape index (κ3) is 1.95. The highest BCUT2D eigenvalue weighted by Gasteiger charge is 2.23. The Balaban J connectivity index is 1.80. The highest BCUT2D eigenvalue weighted by Crippen LogP contribution is 1.97. The molecule has 0 aromatic carbocycles. The van der Waals surface area contributed by atoms with Crippen molar-refractivity contribution >= 4 is 0 Å². The molecular formula is C8H18N4. The molecule has 2 fully saturated rings. The molecule has 0 spiro atoms. The fourth-order valence-electron chi connectivity index (χ4n) is 1.92. The quantitative estimate of drug-likeness (QED) is 0.372. The fourth-order valence-corrected chi connectivity index (χ4v) is 1.92. The zero-order valence-electron chi connectivity index (χ0n) is 7.40. The maximum absolute atomic E-state index is 3.52. The lowest BCUT2D eigenvalue weighted by Gasteiger charge is -2.35. The van der Waals surface area contributed by atoms with E-state index < -0.39 is 0 Å². The van der Waals surface area contributed by atoms with Gasteiger partial charge in [-0.3, -0.25) is 0 Å². The first-order valence-electron chi connectivity index (χ1n) is 4.85. The largest absolute Gasteiger partial charge is 0.314 e. The van der Waals surface area contributed by atoms with Gasteiger partial charge in [0.15, 0.2) is 0 Å². The molecule has 12 heavy (non-hydrogen) atoms. The lowest BCUT2D eigenvalue weighted by atomic mass is 10.1. The normalized spacial score (nSPS) is 38.0. The van der Waals surface area contributed by atoms with E-state index in [0.29, 0.717) is 12.1 Å². The molecule has 0 saturated carbocycles. The first-order valence-corrected chi connectivity index (χ1v) is 4.85. The number of rotatable bonds is 1. The van der Waals surface area contributed by atoms with Gasteiger partial charge in [0.25, 0.3) is 0 Å². The summed E-state index contributed by atoms with van der Waals surface area (Å²) in [4.78, 5) is 0. The Morgan fingerprint density at radius 2 is 1.17 bits per heavy atom. The average molecular weight is 170 g/mol. The van der Waals surface area contributed by atoms with Gasteiger partial charge < -0.3 is 21.3 Å². The molecule has 2 aliphatic heterocycles. The van der Waals surface area contributed by atoms with Gasteiger partial charge in [0, 0.05) is 51.4 Å². The second-order valence-electron chi connectivity index (χ2n) is 3.53. The van der Waals surface area contributed by atoms with Gasteiger partial charge in [-0.05, 0) is 0 Å². The molecule has 2 aliphatic rings. The van der Waals surface area contributed by atoms with E-state index in [4.69, 9.17) is 0 Å². The van der Waals surface area contributed by atoms with Crippen LogP contribution in [0.3, 0.4) is 0 Å². The van der Waals surface area contributed by atoms with E-state index in [9.17, 15) is 0 Å². The minimum absolute atomic E-state index is 0.603. The molecule has 70 valence electrons. The zero-order valence-corrected chi connectivity index (χ0v) is 7.40. The molecule has 4 nitrogen and oxygen atoms in total. The van der Waals surface area contributed by atoms with Gasteiger partial charge in [-0.15, -0.1) is 0 Å². The summed E-state index contributed by atoms with van der Waals surface area (Å²) in [5, 5.41) is 13.9. The van der Waals surface area contributed by atoms with E-state index in [0.717, 1.165) is 39.3 Å². The van der Waals surface area contributed by atoms with Gasteiger partial charge in [0.05, 0.1) is 0 Å². The molecule has 0 radical (unpaired) electrons. The van der Waals surface area contributed by atoms with Gasteiger partial charge >= 0.3 is 0 Å². The summed E-state index contributed by atoms with van der Waals surface area (Å²) in [7, 11) is 0. The summed E-state index contributed by atoms with van der Waals surface area (Å²) in [5.41, 5.74) is 0. The van der Waals surface area contributed by atoms with Crippen molar-refractivity contribution < 1.29 is 0 Å². The molecule has 0 unspecified atom stereocenters. The summed E-state index contributed by atoms with van der Waals surface area (Å²) in [6, 6.07) is 1.21. The van der Waals surface area contributed by atoms with Gasteiger partial charge in [0.2, 0.25) is 0 Å². The van der Waals surface area contributed by atoms with Crippen molar-refractivity contribution in [2.45, 2.75) is 12.1 Å². The van der Waals surface area contributed by atoms with E-state index in [1.54, 1.807) is 0 Å². The van der Waals surface area contributed by atoms with Crippen LogP contribution in [0, 0.1) is 0 Å². The molecule has 0 aromatic rings. The molecule has 0 amide bonds. The summed E-state index contributed by atoms with van der Waals surface area (Å²) in [6.07, 6.45) is 0. The van der Waals surface area contributed by atoms with Crippen molar-refractivity contribution in [3.63, 3.8) is 0 Å². The maximum Gasteiger partial charge on any atom is 0.0359 e. The number of nitrogens with one attached hydrogen (secondary N) is 4. The molecule has 0 bridgehead atoms. The average Bonchev–Trinajstić information content (AvgIpc) is 2.21. The minimum atomic E-state index is 0.603. The van der Waals surface area contributed by atoms with Crippen LogP contribution in [0.5, 0.6) is 0 Å². The Labute approximate surface area is 73.5 Å². The molecule has 2 atom stereocenters. The molecule has 0 aliphatic carbocycles. The summed E-state index contributed by atoms with van der Waals surface area (Å²) >= 11 is 0. The highest BCUT2D eigenvalue weighted by atomic mass is 15.1. The van der Waals surface area contributed by atoms with Crippen molar-refractivity contribution in [1.82, 2.24) is 21.3 Å². The molecule has 2 heterocycles. The lowest BCUT2D eigenvalue weighted by Crippen LogP contribution is -2.63. The Morgan fingerprint density at radius 3 is 1.50 bits per heavy atom. The van der Waals surface area contributed by atoms with E-state index in [2.05, 4.69) is 21.3 Å². The fraction of sp³-hybridized carbons (Fsp3) is 1.00.